The Bertz CT molecular complexity index is 460. The first-order chi connectivity index (χ1) is 7.93. The molecule has 3 rings (SSSR count). The fourth-order valence-electron chi connectivity index (χ4n) is 2.22. The van der Waals surface area contributed by atoms with Gasteiger partial charge in [-0.05, 0) is 42.5 Å². The Labute approximate surface area is 95.3 Å². The second-order valence-corrected chi connectivity index (χ2v) is 4.17. The molecule has 80 valence electrons. The summed E-state index contributed by atoms with van der Waals surface area (Å²) in [6.45, 7) is 0. The third kappa shape index (κ3) is 1.67. The van der Waals surface area contributed by atoms with E-state index in [1.54, 1.807) is 0 Å². The summed E-state index contributed by atoms with van der Waals surface area (Å²) >= 11 is 0. The van der Waals surface area contributed by atoms with Gasteiger partial charge in [-0.25, -0.2) is 0 Å². The normalized spacial score (nSPS) is 14.0. The number of nitrogens with zero attached hydrogens (tertiary/aromatic N) is 1. The van der Waals surface area contributed by atoms with E-state index < -0.39 is 0 Å². The number of pyridine rings is 1. The number of nitrogens with one attached hydrogen (secondary N) is 1. The first-order valence-electron chi connectivity index (χ1n) is 5.71. The number of hydrogen-bond donors (Lipinski definition) is 1. The molecule has 0 radical (unpaired) electrons. The van der Waals surface area contributed by atoms with Crippen molar-refractivity contribution in [2.24, 2.45) is 0 Å². The van der Waals surface area contributed by atoms with Crippen molar-refractivity contribution >= 4 is 11.4 Å². The fraction of sp³-hybridized carbons (Fsp3) is 0.214. The summed E-state index contributed by atoms with van der Waals surface area (Å²) in [4.78, 5) is 4.19. The van der Waals surface area contributed by atoms with E-state index in [1.165, 1.54) is 28.9 Å². The second kappa shape index (κ2) is 3.97. The van der Waals surface area contributed by atoms with Crippen LogP contribution in [0.25, 0.3) is 0 Å². The third-order valence-electron chi connectivity index (χ3n) is 3.08. The van der Waals surface area contributed by atoms with Crippen molar-refractivity contribution < 1.29 is 0 Å². The molecular formula is C14H14N2. The zero-order valence-electron chi connectivity index (χ0n) is 9.11. The van der Waals surface area contributed by atoms with Crippen molar-refractivity contribution in [2.45, 2.75) is 19.3 Å². The summed E-state index contributed by atoms with van der Waals surface area (Å²) in [5.41, 5.74) is 5.15. The third-order valence-corrected chi connectivity index (χ3v) is 3.08. The molecule has 0 saturated heterocycles. The van der Waals surface area contributed by atoms with Crippen LogP contribution in [0.5, 0.6) is 0 Å². The molecule has 2 nitrogen and oxygen atoms in total. The Hall–Kier alpha value is -1.83. The molecule has 1 aromatic carbocycles. The predicted octanol–water partition coefficient (Wildman–Crippen LogP) is 3.31. The lowest BCUT2D eigenvalue weighted by molar-refractivity contribution is 0.813. The van der Waals surface area contributed by atoms with Gasteiger partial charge in [0.15, 0.2) is 0 Å². The van der Waals surface area contributed by atoms with Crippen LogP contribution in [0.2, 0.25) is 0 Å². The van der Waals surface area contributed by atoms with E-state index in [1.807, 2.05) is 12.4 Å². The van der Waals surface area contributed by atoms with Gasteiger partial charge in [-0.1, -0.05) is 18.2 Å². The van der Waals surface area contributed by atoms with Crippen LogP contribution >= 0.6 is 0 Å². The lowest BCUT2D eigenvalue weighted by atomic mass is 10.00. The first kappa shape index (κ1) is 9.40. The maximum atomic E-state index is 4.19. The monoisotopic (exact) mass is 210 g/mol. The van der Waals surface area contributed by atoms with Crippen molar-refractivity contribution in [1.29, 1.82) is 0 Å². The number of hydrogen-bond acceptors (Lipinski definition) is 2. The van der Waals surface area contributed by atoms with Crippen LogP contribution in [-0.2, 0) is 12.8 Å². The quantitative estimate of drug-likeness (QED) is 0.721. The molecule has 0 saturated carbocycles. The maximum Gasteiger partial charge on any atom is 0.0447 e. The minimum absolute atomic E-state index is 1.10. The van der Waals surface area contributed by atoms with Gasteiger partial charge in [-0.3, -0.25) is 4.98 Å². The van der Waals surface area contributed by atoms with Crippen LogP contribution in [0, 0.1) is 0 Å². The molecular weight excluding hydrogens is 196 g/mol. The van der Waals surface area contributed by atoms with Crippen LogP contribution in [-0.4, -0.2) is 4.98 Å². The molecule has 1 N–H and O–H groups in total. The summed E-state index contributed by atoms with van der Waals surface area (Å²) in [6.07, 6.45) is 7.24. The summed E-state index contributed by atoms with van der Waals surface area (Å²) < 4.78 is 0. The molecule has 2 heteroatoms. The van der Waals surface area contributed by atoms with Crippen molar-refractivity contribution in [3.8, 4) is 0 Å². The molecule has 0 atom stereocenters. The SMILES string of the molecule is c1ccc2c(c1)CCCc1cnccc1N2. The van der Waals surface area contributed by atoms with E-state index in [9.17, 15) is 0 Å². The Morgan fingerprint density at radius 2 is 1.75 bits per heavy atom. The van der Waals surface area contributed by atoms with Crippen LogP contribution in [0.1, 0.15) is 17.5 Å². The molecule has 0 amide bonds. The number of anilines is 2. The first-order valence-corrected chi connectivity index (χ1v) is 5.71. The topological polar surface area (TPSA) is 24.9 Å². The molecule has 16 heavy (non-hydrogen) atoms. The molecule has 1 aliphatic heterocycles. The van der Waals surface area contributed by atoms with Crippen molar-refractivity contribution in [2.75, 3.05) is 5.32 Å². The number of benzene rings is 1. The highest BCUT2D eigenvalue weighted by atomic mass is 14.9. The highest BCUT2D eigenvalue weighted by Crippen LogP contribution is 2.27. The van der Waals surface area contributed by atoms with Gasteiger partial charge in [0.1, 0.15) is 0 Å². The lowest BCUT2D eigenvalue weighted by Crippen LogP contribution is -2.04. The van der Waals surface area contributed by atoms with E-state index >= 15 is 0 Å². The van der Waals surface area contributed by atoms with Crippen molar-refractivity contribution in [1.82, 2.24) is 4.98 Å². The zero-order chi connectivity index (χ0) is 10.8. The Morgan fingerprint density at radius 1 is 0.938 bits per heavy atom. The van der Waals surface area contributed by atoms with E-state index in [0.717, 1.165) is 12.8 Å². The average Bonchev–Trinajstić information content (AvgIpc) is 2.29. The lowest BCUT2D eigenvalue weighted by Gasteiger charge is -2.18. The van der Waals surface area contributed by atoms with E-state index in [-0.39, 0.29) is 0 Å². The van der Waals surface area contributed by atoms with Crippen molar-refractivity contribution in [3.05, 3.63) is 53.9 Å². The number of rotatable bonds is 0. The second-order valence-electron chi connectivity index (χ2n) is 4.17. The molecule has 0 unspecified atom stereocenters. The van der Waals surface area contributed by atoms with Gasteiger partial charge >= 0.3 is 0 Å². The maximum absolute atomic E-state index is 4.19. The van der Waals surface area contributed by atoms with Gasteiger partial charge in [-0.2, -0.15) is 0 Å². The van der Waals surface area contributed by atoms with Gasteiger partial charge in [0.25, 0.3) is 0 Å². The molecule has 0 aliphatic carbocycles. The smallest absolute Gasteiger partial charge is 0.0447 e. The average molecular weight is 210 g/mol. The van der Waals surface area contributed by atoms with Crippen molar-refractivity contribution in [3.63, 3.8) is 0 Å². The molecule has 2 heterocycles. The highest BCUT2D eigenvalue weighted by molar-refractivity contribution is 5.66. The van der Waals surface area contributed by atoms with Gasteiger partial charge in [-0.15, -0.1) is 0 Å². The van der Waals surface area contributed by atoms with E-state index in [4.69, 9.17) is 0 Å². The van der Waals surface area contributed by atoms with Crippen LogP contribution in [0.3, 0.4) is 0 Å². The fourth-order valence-corrected chi connectivity index (χ4v) is 2.22. The highest BCUT2D eigenvalue weighted by Gasteiger charge is 2.09. The molecule has 0 spiro atoms. The van der Waals surface area contributed by atoms with E-state index in [2.05, 4.69) is 40.6 Å². The van der Waals surface area contributed by atoms with Crippen LogP contribution < -0.4 is 5.32 Å². The summed E-state index contributed by atoms with van der Waals surface area (Å²) in [5, 5.41) is 3.50. The Kier molecular flexibility index (Phi) is 2.33. The van der Waals surface area contributed by atoms with Gasteiger partial charge < -0.3 is 5.32 Å². The number of para-hydroxylation sites is 1. The van der Waals surface area contributed by atoms with Gasteiger partial charge in [0, 0.05) is 23.8 Å². The van der Waals surface area contributed by atoms with Gasteiger partial charge in [0.2, 0.25) is 0 Å². The minimum Gasteiger partial charge on any atom is -0.355 e. The summed E-state index contributed by atoms with van der Waals surface area (Å²) in [6, 6.07) is 10.6. The summed E-state index contributed by atoms with van der Waals surface area (Å²) in [5.74, 6) is 0. The predicted molar refractivity (Wildman–Crippen MR) is 66.0 cm³/mol. The largest absolute Gasteiger partial charge is 0.355 e. The molecule has 1 aromatic heterocycles. The number of aryl methyl sites for hydroxylation is 2. The molecule has 0 fully saturated rings. The summed E-state index contributed by atoms with van der Waals surface area (Å²) in [7, 11) is 0. The standard InChI is InChI=1S/C14H14N2/c1-2-7-13-11(4-1)5-3-6-12-10-15-9-8-14(12)16-13/h1-2,4,7-10,16H,3,5-6H2. The minimum atomic E-state index is 1.10. The van der Waals surface area contributed by atoms with E-state index in [0.29, 0.717) is 0 Å². The molecule has 2 aromatic rings. The van der Waals surface area contributed by atoms with Crippen LogP contribution in [0.4, 0.5) is 11.4 Å². The van der Waals surface area contributed by atoms with Crippen LogP contribution in [0.15, 0.2) is 42.7 Å². The number of aromatic nitrogens is 1. The number of fused-ring (bicyclic) bond motifs is 2. The molecule has 0 bridgehead atoms. The molecule has 1 aliphatic rings. The Balaban J connectivity index is 2.06. The zero-order valence-corrected chi connectivity index (χ0v) is 9.11. The Morgan fingerprint density at radius 3 is 2.75 bits per heavy atom. The van der Waals surface area contributed by atoms with Gasteiger partial charge in [0.05, 0.1) is 0 Å².